The first kappa shape index (κ1) is 16.7. The predicted octanol–water partition coefficient (Wildman–Crippen LogP) is 4.69. The van der Waals surface area contributed by atoms with Crippen molar-refractivity contribution in [3.8, 4) is 5.88 Å². The Morgan fingerprint density at radius 1 is 1.04 bits per heavy atom. The first-order valence-electron chi connectivity index (χ1n) is 8.08. The molecular weight excluding hydrogens is 396 g/mol. The van der Waals surface area contributed by atoms with E-state index in [0.29, 0.717) is 11.5 Å². The molecule has 0 atom stereocenters. The average molecular weight is 411 g/mol. The molecule has 0 radical (unpaired) electrons. The van der Waals surface area contributed by atoms with Crippen LogP contribution >= 0.6 is 15.9 Å². The van der Waals surface area contributed by atoms with Crippen molar-refractivity contribution in [2.75, 3.05) is 0 Å². The van der Waals surface area contributed by atoms with Gasteiger partial charge in [-0.25, -0.2) is 14.8 Å². The van der Waals surface area contributed by atoms with Crippen LogP contribution in [0.2, 0.25) is 0 Å². The van der Waals surface area contributed by atoms with E-state index >= 15 is 0 Å². The summed E-state index contributed by atoms with van der Waals surface area (Å²) < 4.78 is 12.2. The van der Waals surface area contributed by atoms with Gasteiger partial charge >= 0.3 is 5.63 Å². The first-order chi connectivity index (χ1) is 12.5. The van der Waals surface area contributed by atoms with Crippen LogP contribution in [0, 0.1) is 13.8 Å². The highest BCUT2D eigenvalue weighted by Gasteiger charge is 2.11. The zero-order chi connectivity index (χ0) is 18.3. The van der Waals surface area contributed by atoms with Crippen LogP contribution in [0.15, 0.2) is 56.4 Å². The van der Waals surface area contributed by atoms with Gasteiger partial charge in [-0.3, -0.25) is 0 Å². The van der Waals surface area contributed by atoms with Crippen molar-refractivity contribution in [2.45, 2.75) is 20.5 Å². The Balaban J connectivity index is 1.76. The van der Waals surface area contributed by atoms with Crippen molar-refractivity contribution in [1.29, 1.82) is 0 Å². The largest absolute Gasteiger partial charge is 0.472 e. The number of rotatable bonds is 3. The molecule has 0 spiro atoms. The van der Waals surface area contributed by atoms with Crippen LogP contribution in [-0.2, 0) is 6.61 Å². The number of nitrogens with zero attached hydrogens (tertiary/aromatic N) is 2. The van der Waals surface area contributed by atoms with Crippen molar-refractivity contribution in [2.24, 2.45) is 0 Å². The summed E-state index contributed by atoms with van der Waals surface area (Å²) in [6.45, 7) is 4.23. The summed E-state index contributed by atoms with van der Waals surface area (Å²) in [6.07, 6.45) is 1.47. The fraction of sp³-hybridized carbons (Fsp3) is 0.150. The van der Waals surface area contributed by atoms with E-state index in [9.17, 15) is 4.79 Å². The van der Waals surface area contributed by atoms with Gasteiger partial charge in [-0.15, -0.1) is 0 Å². The molecule has 2 heterocycles. The predicted molar refractivity (Wildman–Crippen MR) is 104 cm³/mol. The van der Waals surface area contributed by atoms with E-state index in [1.807, 2.05) is 44.2 Å². The number of ether oxygens (including phenoxy) is 1. The molecule has 2 aromatic carbocycles. The summed E-state index contributed by atoms with van der Waals surface area (Å²) in [6, 6.07) is 11.1. The zero-order valence-corrected chi connectivity index (χ0v) is 15.8. The number of aromatic nitrogens is 2. The monoisotopic (exact) mass is 410 g/mol. The van der Waals surface area contributed by atoms with Crippen LogP contribution in [0.5, 0.6) is 5.88 Å². The molecule has 6 heteroatoms. The molecule has 26 heavy (non-hydrogen) atoms. The summed E-state index contributed by atoms with van der Waals surface area (Å²) >= 11 is 3.45. The van der Waals surface area contributed by atoms with Crippen LogP contribution in [0.1, 0.15) is 16.7 Å². The minimum absolute atomic E-state index is 0.212. The maximum Gasteiger partial charge on any atom is 0.336 e. The molecule has 0 amide bonds. The molecule has 0 aliphatic rings. The number of halogens is 1. The van der Waals surface area contributed by atoms with Crippen molar-refractivity contribution >= 4 is 37.8 Å². The number of hydrogen-bond donors (Lipinski definition) is 0. The molecule has 0 saturated heterocycles. The van der Waals surface area contributed by atoms with Gasteiger partial charge in [-0.1, -0.05) is 15.9 Å². The fourth-order valence-electron chi connectivity index (χ4n) is 2.87. The number of benzene rings is 2. The summed E-state index contributed by atoms with van der Waals surface area (Å²) in [5.74, 6) is 0.474. The van der Waals surface area contributed by atoms with Gasteiger partial charge in [0.25, 0.3) is 0 Å². The van der Waals surface area contributed by atoms with E-state index in [0.717, 1.165) is 37.5 Å². The van der Waals surface area contributed by atoms with Gasteiger partial charge in [0.05, 0.1) is 10.9 Å². The van der Waals surface area contributed by atoms with Gasteiger partial charge in [0.1, 0.15) is 18.5 Å². The second kappa shape index (κ2) is 6.53. The van der Waals surface area contributed by atoms with Crippen LogP contribution in [0.25, 0.3) is 21.9 Å². The lowest BCUT2D eigenvalue weighted by Crippen LogP contribution is -2.05. The molecule has 4 rings (SSSR count). The molecule has 5 nitrogen and oxygen atoms in total. The van der Waals surface area contributed by atoms with Gasteiger partial charge in [0.15, 0.2) is 0 Å². The third-order valence-corrected chi connectivity index (χ3v) is 4.86. The number of fused-ring (bicyclic) bond motifs is 2. The third-order valence-electron chi connectivity index (χ3n) is 4.37. The summed E-state index contributed by atoms with van der Waals surface area (Å²) in [5, 5.41) is 1.67. The SMILES string of the molecule is Cc1cc2oc(=O)cc(COc3ncnc4ccc(Br)cc34)c2cc1C. The van der Waals surface area contributed by atoms with E-state index < -0.39 is 5.63 Å². The second-order valence-electron chi connectivity index (χ2n) is 6.15. The van der Waals surface area contributed by atoms with Crippen molar-refractivity contribution in [3.63, 3.8) is 0 Å². The van der Waals surface area contributed by atoms with Crippen molar-refractivity contribution in [3.05, 3.63) is 74.3 Å². The lowest BCUT2D eigenvalue weighted by molar-refractivity contribution is 0.298. The van der Waals surface area contributed by atoms with E-state index in [-0.39, 0.29) is 6.61 Å². The zero-order valence-electron chi connectivity index (χ0n) is 14.2. The van der Waals surface area contributed by atoms with Gasteiger partial charge in [0, 0.05) is 21.5 Å². The van der Waals surface area contributed by atoms with Gasteiger partial charge in [-0.05, 0) is 55.3 Å². The Morgan fingerprint density at radius 3 is 2.69 bits per heavy atom. The highest BCUT2D eigenvalue weighted by atomic mass is 79.9. The fourth-order valence-corrected chi connectivity index (χ4v) is 3.23. The maximum atomic E-state index is 11.9. The van der Waals surface area contributed by atoms with Crippen LogP contribution in [-0.4, -0.2) is 9.97 Å². The minimum atomic E-state index is -0.394. The highest BCUT2D eigenvalue weighted by Crippen LogP contribution is 2.27. The smallest absolute Gasteiger partial charge is 0.336 e. The topological polar surface area (TPSA) is 65.2 Å². The Morgan fingerprint density at radius 2 is 1.85 bits per heavy atom. The highest BCUT2D eigenvalue weighted by molar-refractivity contribution is 9.10. The van der Waals surface area contributed by atoms with E-state index in [4.69, 9.17) is 9.15 Å². The minimum Gasteiger partial charge on any atom is -0.472 e. The molecule has 0 saturated carbocycles. The standard InChI is InChI=1S/C20H15BrN2O3/c1-11-5-15-13(7-19(24)26-18(15)6-12(11)2)9-25-20-16-8-14(21)3-4-17(16)22-10-23-20/h3-8,10H,9H2,1-2H3. The summed E-state index contributed by atoms with van der Waals surface area (Å²) in [7, 11) is 0. The average Bonchev–Trinajstić information content (AvgIpc) is 2.61. The molecule has 0 N–H and O–H groups in total. The molecule has 0 bridgehead atoms. The summed E-state index contributed by atoms with van der Waals surface area (Å²) in [5.41, 5.74) is 3.93. The number of aryl methyl sites for hydroxylation is 2. The molecule has 0 aliphatic heterocycles. The van der Waals surface area contributed by atoms with E-state index in [2.05, 4.69) is 25.9 Å². The molecule has 0 aliphatic carbocycles. The van der Waals surface area contributed by atoms with E-state index in [1.54, 1.807) is 0 Å². The Kier molecular flexibility index (Phi) is 4.20. The van der Waals surface area contributed by atoms with Gasteiger partial charge in [-0.2, -0.15) is 0 Å². The first-order valence-corrected chi connectivity index (χ1v) is 8.87. The van der Waals surface area contributed by atoms with Crippen LogP contribution in [0.3, 0.4) is 0 Å². The lowest BCUT2D eigenvalue weighted by Gasteiger charge is -2.11. The van der Waals surface area contributed by atoms with Crippen LogP contribution < -0.4 is 10.4 Å². The Labute approximate surface area is 157 Å². The van der Waals surface area contributed by atoms with Crippen molar-refractivity contribution in [1.82, 2.24) is 9.97 Å². The molecule has 0 fully saturated rings. The molecular formula is C20H15BrN2O3. The quantitative estimate of drug-likeness (QED) is 0.458. The molecule has 0 unspecified atom stereocenters. The van der Waals surface area contributed by atoms with Crippen LogP contribution in [0.4, 0.5) is 0 Å². The second-order valence-corrected chi connectivity index (χ2v) is 7.07. The van der Waals surface area contributed by atoms with Gasteiger partial charge < -0.3 is 9.15 Å². The van der Waals surface area contributed by atoms with E-state index in [1.165, 1.54) is 12.4 Å². The van der Waals surface area contributed by atoms with Crippen molar-refractivity contribution < 1.29 is 9.15 Å². The Hall–Kier alpha value is -2.73. The normalized spacial score (nSPS) is 11.2. The maximum absolute atomic E-state index is 11.9. The molecule has 130 valence electrons. The number of hydrogen-bond acceptors (Lipinski definition) is 5. The molecule has 2 aromatic heterocycles. The third kappa shape index (κ3) is 3.08. The lowest BCUT2D eigenvalue weighted by atomic mass is 10.0. The Bertz CT molecular complexity index is 1200. The van der Waals surface area contributed by atoms with Gasteiger partial charge in [0.2, 0.25) is 5.88 Å². The summed E-state index contributed by atoms with van der Waals surface area (Å²) in [4.78, 5) is 20.4. The molecule has 4 aromatic rings.